The van der Waals surface area contributed by atoms with Gasteiger partial charge in [-0.25, -0.2) is 9.97 Å². The molecule has 0 saturated heterocycles. The van der Waals surface area contributed by atoms with E-state index in [1.165, 1.54) is 6.33 Å². The maximum absolute atomic E-state index is 8.86. The zero-order chi connectivity index (χ0) is 10.6. The highest BCUT2D eigenvalue weighted by molar-refractivity contribution is 6.33. The van der Waals surface area contributed by atoms with Crippen LogP contribution in [0.15, 0.2) is 6.33 Å². The van der Waals surface area contributed by atoms with Gasteiger partial charge in [-0.05, 0) is 13.3 Å². The molecule has 0 radical (unpaired) electrons. The van der Waals surface area contributed by atoms with Gasteiger partial charge in [0.15, 0.2) is 0 Å². The van der Waals surface area contributed by atoms with Crippen LogP contribution in [0.1, 0.15) is 19.5 Å². The van der Waals surface area contributed by atoms with Crippen molar-refractivity contribution < 1.29 is 5.11 Å². The molecule has 5 heteroatoms. The maximum atomic E-state index is 8.86. The summed E-state index contributed by atoms with van der Waals surface area (Å²) in [6.45, 7) is 3.87. The number of nitrogens with one attached hydrogen (secondary N) is 1. The fourth-order valence-electron chi connectivity index (χ4n) is 1.03. The fraction of sp³-hybridized carbons (Fsp3) is 0.556. The van der Waals surface area contributed by atoms with Crippen LogP contribution in [0.3, 0.4) is 0 Å². The van der Waals surface area contributed by atoms with Gasteiger partial charge in [-0.1, -0.05) is 18.5 Å². The molecule has 0 amide bonds. The van der Waals surface area contributed by atoms with Crippen LogP contribution < -0.4 is 5.32 Å². The van der Waals surface area contributed by atoms with Gasteiger partial charge in [-0.2, -0.15) is 0 Å². The Morgan fingerprint density at radius 2 is 2.29 bits per heavy atom. The van der Waals surface area contributed by atoms with E-state index >= 15 is 0 Å². The predicted molar refractivity (Wildman–Crippen MR) is 56.6 cm³/mol. The number of nitrogens with zero attached hydrogens (tertiary/aromatic N) is 2. The molecule has 1 aromatic rings. The van der Waals surface area contributed by atoms with Crippen LogP contribution in [0, 0.1) is 0 Å². The van der Waals surface area contributed by atoms with E-state index in [1.807, 2.05) is 13.8 Å². The molecule has 1 atom stereocenters. The Morgan fingerprint density at radius 3 is 2.86 bits per heavy atom. The molecule has 14 heavy (non-hydrogen) atoms. The van der Waals surface area contributed by atoms with Gasteiger partial charge in [-0.15, -0.1) is 0 Å². The molecular formula is C9H14ClN3O. The molecule has 1 aromatic heterocycles. The predicted octanol–water partition coefficient (Wildman–Crippen LogP) is 1.49. The summed E-state index contributed by atoms with van der Waals surface area (Å²) in [5.74, 6) is 0.583. The molecular weight excluding hydrogens is 202 g/mol. The SMILES string of the molecule is CCc1ncnc(N[C@@H](C)CO)c1Cl. The van der Waals surface area contributed by atoms with Crippen molar-refractivity contribution in [1.29, 1.82) is 0 Å². The zero-order valence-electron chi connectivity index (χ0n) is 8.29. The van der Waals surface area contributed by atoms with Crippen molar-refractivity contribution in [2.24, 2.45) is 0 Å². The summed E-state index contributed by atoms with van der Waals surface area (Å²) in [6, 6.07) is -0.0629. The van der Waals surface area contributed by atoms with Crippen LogP contribution in [0.4, 0.5) is 5.82 Å². The van der Waals surface area contributed by atoms with E-state index in [1.54, 1.807) is 0 Å². The third-order valence-electron chi connectivity index (χ3n) is 1.85. The second-order valence-corrected chi connectivity index (χ2v) is 3.44. The Kier molecular flexibility index (Phi) is 4.10. The highest BCUT2D eigenvalue weighted by Crippen LogP contribution is 2.22. The van der Waals surface area contributed by atoms with E-state index in [0.29, 0.717) is 10.8 Å². The quantitative estimate of drug-likeness (QED) is 0.799. The average Bonchev–Trinajstić information content (AvgIpc) is 2.21. The van der Waals surface area contributed by atoms with Crippen molar-refractivity contribution >= 4 is 17.4 Å². The van der Waals surface area contributed by atoms with Gasteiger partial charge >= 0.3 is 0 Å². The molecule has 78 valence electrons. The Morgan fingerprint density at radius 1 is 1.57 bits per heavy atom. The first-order chi connectivity index (χ1) is 6.69. The molecule has 0 aliphatic rings. The lowest BCUT2D eigenvalue weighted by atomic mass is 10.3. The van der Waals surface area contributed by atoms with Gasteiger partial charge in [0.05, 0.1) is 12.3 Å². The standard InChI is InChI=1S/C9H14ClN3O/c1-3-7-8(10)9(12-5-11-7)13-6(2)4-14/h5-6,14H,3-4H2,1-2H3,(H,11,12,13)/t6-/m0/s1. The van der Waals surface area contributed by atoms with Crippen LogP contribution in [0.5, 0.6) is 0 Å². The van der Waals surface area contributed by atoms with Crippen molar-refractivity contribution in [2.75, 3.05) is 11.9 Å². The first-order valence-electron chi connectivity index (χ1n) is 4.55. The summed E-state index contributed by atoms with van der Waals surface area (Å²) in [4.78, 5) is 8.05. The zero-order valence-corrected chi connectivity index (χ0v) is 9.04. The number of hydrogen-bond donors (Lipinski definition) is 2. The summed E-state index contributed by atoms with van der Waals surface area (Å²) in [6.07, 6.45) is 2.24. The Bertz CT molecular complexity index is 306. The van der Waals surface area contributed by atoms with Gasteiger partial charge in [0.1, 0.15) is 17.2 Å². The molecule has 0 bridgehead atoms. The van der Waals surface area contributed by atoms with Gasteiger partial charge in [0, 0.05) is 6.04 Å². The molecule has 0 fully saturated rings. The Labute approximate surface area is 88.3 Å². The van der Waals surface area contributed by atoms with Crippen molar-refractivity contribution in [3.63, 3.8) is 0 Å². The summed E-state index contributed by atoms with van der Waals surface area (Å²) in [7, 11) is 0. The minimum absolute atomic E-state index is 0.0434. The monoisotopic (exact) mass is 215 g/mol. The van der Waals surface area contributed by atoms with Crippen LogP contribution in [0.25, 0.3) is 0 Å². The van der Waals surface area contributed by atoms with E-state index in [9.17, 15) is 0 Å². The van der Waals surface area contributed by atoms with Crippen LogP contribution in [0.2, 0.25) is 5.02 Å². The van der Waals surface area contributed by atoms with E-state index in [-0.39, 0.29) is 12.6 Å². The van der Waals surface area contributed by atoms with E-state index < -0.39 is 0 Å². The second kappa shape index (κ2) is 5.12. The number of hydrogen-bond acceptors (Lipinski definition) is 4. The number of anilines is 1. The van der Waals surface area contributed by atoms with Crippen LogP contribution in [-0.4, -0.2) is 27.7 Å². The van der Waals surface area contributed by atoms with Gasteiger partial charge < -0.3 is 10.4 Å². The first kappa shape index (κ1) is 11.2. The van der Waals surface area contributed by atoms with Crippen LogP contribution >= 0.6 is 11.6 Å². The molecule has 0 saturated carbocycles. The number of aliphatic hydroxyl groups is 1. The lowest BCUT2D eigenvalue weighted by molar-refractivity contribution is 0.281. The number of aryl methyl sites for hydroxylation is 1. The lowest BCUT2D eigenvalue weighted by Gasteiger charge is -2.13. The molecule has 4 nitrogen and oxygen atoms in total. The summed E-state index contributed by atoms with van der Waals surface area (Å²) in [5, 5.41) is 12.4. The molecule has 0 unspecified atom stereocenters. The number of halogens is 1. The second-order valence-electron chi connectivity index (χ2n) is 3.06. The number of aliphatic hydroxyl groups excluding tert-OH is 1. The summed E-state index contributed by atoms with van der Waals surface area (Å²) >= 11 is 6.04. The molecule has 0 spiro atoms. The van der Waals surface area contributed by atoms with E-state index in [4.69, 9.17) is 16.7 Å². The smallest absolute Gasteiger partial charge is 0.148 e. The van der Waals surface area contributed by atoms with Crippen molar-refractivity contribution in [3.05, 3.63) is 17.0 Å². The first-order valence-corrected chi connectivity index (χ1v) is 4.93. The highest BCUT2D eigenvalue weighted by Gasteiger charge is 2.09. The van der Waals surface area contributed by atoms with E-state index in [0.717, 1.165) is 12.1 Å². The molecule has 1 heterocycles. The molecule has 0 aliphatic carbocycles. The summed E-state index contributed by atoms with van der Waals surface area (Å²) in [5.41, 5.74) is 0.814. The maximum Gasteiger partial charge on any atom is 0.148 e. The third kappa shape index (κ3) is 2.56. The van der Waals surface area contributed by atoms with Crippen molar-refractivity contribution in [3.8, 4) is 0 Å². The Hall–Kier alpha value is -0.870. The topological polar surface area (TPSA) is 58.0 Å². The molecule has 2 N–H and O–H groups in total. The van der Waals surface area contributed by atoms with E-state index in [2.05, 4.69) is 15.3 Å². The van der Waals surface area contributed by atoms with Crippen molar-refractivity contribution in [1.82, 2.24) is 9.97 Å². The largest absolute Gasteiger partial charge is 0.394 e. The number of aromatic nitrogens is 2. The van der Waals surface area contributed by atoms with Crippen LogP contribution in [-0.2, 0) is 6.42 Å². The number of rotatable bonds is 4. The highest BCUT2D eigenvalue weighted by atomic mass is 35.5. The lowest BCUT2D eigenvalue weighted by Crippen LogP contribution is -2.20. The average molecular weight is 216 g/mol. The fourth-order valence-corrected chi connectivity index (χ4v) is 1.32. The van der Waals surface area contributed by atoms with Gasteiger partial charge in [0.25, 0.3) is 0 Å². The molecule has 0 aliphatic heterocycles. The molecule has 0 aromatic carbocycles. The normalized spacial score (nSPS) is 12.6. The van der Waals surface area contributed by atoms with Gasteiger partial charge in [0.2, 0.25) is 0 Å². The van der Waals surface area contributed by atoms with Crippen molar-refractivity contribution in [2.45, 2.75) is 26.3 Å². The van der Waals surface area contributed by atoms with Gasteiger partial charge in [-0.3, -0.25) is 0 Å². The molecule has 1 rings (SSSR count). The summed E-state index contributed by atoms with van der Waals surface area (Å²) < 4.78 is 0. The third-order valence-corrected chi connectivity index (χ3v) is 2.25. The minimum Gasteiger partial charge on any atom is -0.394 e. The Balaban J connectivity index is 2.86. The minimum atomic E-state index is -0.0629.